The zero-order chi connectivity index (χ0) is 21.6. The van der Waals surface area contributed by atoms with Crippen LogP contribution in [0.25, 0.3) is 11.1 Å². The number of hydrogen-bond donors (Lipinski definition) is 4. The first-order valence-corrected chi connectivity index (χ1v) is 9.88. The van der Waals surface area contributed by atoms with E-state index < -0.39 is 12.0 Å². The number of carbonyl (C=O) groups excluding carboxylic acids is 2. The van der Waals surface area contributed by atoms with Gasteiger partial charge in [-0.15, -0.1) is 0 Å². The lowest BCUT2D eigenvalue weighted by atomic mass is 10.1. The lowest BCUT2D eigenvalue weighted by Crippen LogP contribution is -2.38. The molecule has 0 saturated carbocycles. The van der Waals surface area contributed by atoms with Gasteiger partial charge in [0.15, 0.2) is 0 Å². The third-order valence-electron chi connectivity index (χ3n) is 4.15. The zero-order valence-corrected chi connectivity index (χ0v) is 17.8. The van der Waals surface area contributed by atoms with E-state index in [1.165, 1.54) is 0 Å². The summed E-state index contributed by atoms with van der Waals surface area (Å²) in [4.78, 5) is 31.2. The Hall–Kier alpha value is -2.58. The molecule has 9 heteroatoms. The van der Waals surface area contributed by atoms with Crippen molar-refractivity contribution in [3.8, 4) is 11.1 Å². The minimum absolute atomic E-state index is 0.00862. The quantitative estimate of drug-likeness (QED) is 0.365. The van der Waals surface area contributed by atoms with E-state index in [1.807, 2.05) is 33.8 Å². The van der Waals surface area contributed by atoms with Crippen molar-refractivity contribution in [2.24, 2.45) is 11.7 Å². The van der Waals surface area contributed by atoms with Gasteiger partial charge in [0.2, 0.25) is 0 Å². The summed E-state index contributed by atoms with van der Waals surface area (Å²) >= 11 is 6.27. The maximum absolute atomic E-state index is 12.3. The van der Waals surface area contributed by atoms with Gasteiger partial charge >= 0.3 is 5.97 Å². The number of aromatic amines is 1. The molecular weight excluding hydrogens is 394 g/mol. The molecule has 2 heterocycles. The molecule has 0 aliphatic heterocycles. The number of rotatable bonds is 9. The van der Waals surface area contributed by atoms with Crippen LogP contribution < -0.4 is 16.4 Å². The monoisotopic (exact) mass is 421 g/mol. The van der Waals surface area contributed by atoms with Gasteiger partial charge in [-0.2, -0.15) is 0 Å². The largest absolute Gasteiger partial charge is 0.463 e. The standard InChI is InChI=1S/C20H28ClN5O3/c1-11(2)18(22)20(28)29-6-5-23-19(27)16-7-13(9-24-16)14-8-17(26-12(3)4)25-10-15(14)21/h7-12,18,24H,5-6,22H2,1-4H3,(H,23,27)(H,25,26). The molecule has 0 saturated heterocycles. The van der Waals surface area contributed by atoms with Gasteiger partial charge in [-0.25, -0.2) is 4.98 Å². The lowest BCUT2D eigenvalue weighted by Gasteiger charge is -2.14. The van der Waals surface area contributed by atoms with Crippen LogP contribution in [-0.2, 0) is 9.53 Å². The molecule has 1 amide bonds. The fraction of sp³-hybridized carbons (Fsp3) is 0.450. The topological polar surface area (TPSA) is 122 Å². The Labute approximate surface area is 175 Å². The number of ether oxygens (including phenoxy) is 1. The fourth-order valence-electron chi connectivity index (χ4n) is 2.50. The van der Waals surface area contributed by atoms with Gasteiger partial charge < -0.3 is 26.1 Å². The molecule has 0 aromatic carbocycles. The highest BCUT2D eigenvalue weighted by molar-refractivity contribution is 6.33. The van der Waals surface area contributed by atoms with E-state index in [4.69, 9.17) is 22.1 Å². The Morgan fingerprint density at radius 1 is 1.28 bits per heavy atom. The van der Waals surface area contributed by atoms with Crippen LogP contribution in [-0.4, -0.2) is 47.1 Å². The summed E-state index contributed by atoms with van der Waals surface area (Å²) in [6.07, 6.45) is 3.28. The predicted octanol–water partition coefficient (Wildman–Crippen LogP) is 2.81. The number of nitrogens with one attached hydrogen (secondary N) is 3. The van der Waals surface area contributed by atoms with Crippen LogP contribution in [0.4, 0.5) is 5.82 Å². The van der Waals surface area contributed by atoms with Crippen molar-refractivity contribution in [2.45, 2.75) is 39.8 Å². The number of hydrogen-bond acceptors (Lipinski definition) is 6. The highest BCUT2D eigenvalue weighted by atomic mass is 35.5. The Morgan fingerprint density at radius 3 is 2.66 bits per heavy atom. The smallest absolute Gasteiger partial charge is 0.323 e. The van der Waals surface area contributed by atoms with Crippen molar-refractivity contribution in [2.75, 3.05) is 18.5 Å². The van der Waals surface area contributed by atoms with Crippen molar-refractivity contribution in [1.29, 1.82) is 0 Å². The molecule has 0 spiro atoms. The molecule has 0 aliphatic carbocycles. The predicted molar refractivity (Wildman–Crippen MR) is 114 cm³/mol. The van der Waals surface area contributed by atoms with E-state index in [1.54, 1.807) is 18.5 Å². The summed E-state index contributed by atoms with van der Waals surface area (Å²) in [5.41, 5.74) is 7.61. The van der Waals surface area contributed by atoms with Gasteiger partial charge in [0.1, 0.15) is 24.2 Å². The SMILES string of the molecule is CC(C)Nc1cc(-c2c[nH]c(C(=O)NCCOC(=O)C(N)C(C)C)c2)c(Cl)cn1. The third-order valence-corrected chi connectivity index (χ3v) is 4.45. The molecule has 2 aromatic heterocycles. The number of pyridine rings is 1. The molecule has 8 nitrogen and oxygen atoms in total. The van der Waals surface area contributed by atoms with Crippen molar-refractivity contribution < 1.29 is 14.3 Å². The van der Waals surface area contributed by atoms with Gasteiger partial charge in [-0.1, -0.05) is 25.4 Å². The number of halogens is 1. The molecule has 5 N–H and O–H groups in total. The third kappa shape index (κ3) is 6.47. The average molecular weight is 422 g/mol. The van der Waals surface area contributed by atoms with Crippen molar-refractivity contribution >= 4 is 29.3 Å². The summed E-state index contributed by atoms with van der Waals surface area (Å²) in [5, 5.41) is 6.40. The molecule has 0 bridgehead atoms. The first-order valence-electron chi connectivity index (χ1n) is 9.50. The van der Waals surface area contributed by atoms with Crippen LogP contribution >= 0.6 is 11.6 Å². The summed E-state index contributed by atoms with van der Waals surface area (Å²) in [6.45, 7) is 7.95. The first kappa shape index (κ1) is 22.7. The van der Waals surface area contributed by atoms with Gasteiger partial charge in [0, 0.05) is 29.6 Å². The highest BCUT2D eigenvalue weighted by Gasteiger charge is 2.18. The maximum Gasteiger partial charge on any atom is 0.323 e. The molecule has 0 radical (unpaired) electrons. The van der Waals surface area contributed by atoms with Gasteiger partial charge in [0.05, 0.1) is 11.6 Å². The van der Waals surface area contributed by atoms with Crippen molar-refractivity contribution in [1.82, 2.24) is 15.3 Å². The van der Waals surface area contributed by atoms with E-state index in [9.17, 15) is 9.59 Å². The number of anilines is 1. The molecule has 158 valence electrons. The van der Waals surface area contributed by atoms with Crippen molar-refractivity contribution in [3.63, 3.8) is 0 Å². The summed E-state index contributed by atoms with van der Waals surface area (Å²) in [7, 11) is 0. The number of amides is 1. The second kappa shape index (κ2) is 10.3. The second-order valence-corrected chi connectivity index (χ2v) is 7.75. The lowest BCUT2D eigenvalue weighted by molar-refractivity contribution is -0.146. The van der Waals surface area contributed by atoms with Crippen LogP contribution in [0.3, 0.4) is 0 Å². The number of H-pyrrole nitrogens is 1. The summed E-state index contributed by atoms with van der Waals surface area (Å²) < 4.78 is 5.07. The number of nitrogens with two attached hydrogens (primary N) is 1. The Bertz CT molecular complexity index is 850. The molecule has 2 rings (SSSR count). The molecule has 1 unspecified atom stereocenters. The normalized spacial score (nSPS) is 12.1. The van der Waals surface area contributed by atoms with E-state index in [0.717, 1.165) is 11.1 Å². The Kier molecular flexibility index (Phi) is 8.04. The van der Waals surface area contributed by atoms with Crippen LogP contribution in [0, 0.1) is 5.92 Å². The van der Waals surface area contributed by atoms with E-state index >= 15 is 0 Å². The molecule has 1 atom stereocenters. The molecule has 29 heavy (non-hydrogen) atoms. The van der Waals surface area contributed by atoms with Crippen LogP contribution in [0.15, 0.2) is 24.5 Å². The minimum atomic E-state index is -0.670. The second-order valence-electron chi connectivity index (χ2n) is 7.34. The molecule has 0 aliphatic rings. The summed E-state index contributed by atoms with van der Waals surface area (Å²) in [5.74, 6) is -0.0977. The van der Waals surface area contributed by atoms with Crippen LogP contribution in [0.1, 0.15) is 38.2 Å². The van der Waals surface area contributed by atoms with Gasteiger partial charge in [0.25, 0.3) is 5.91 Å². The first-order chi connectivity index (χ1) is 13.7. The van der Waals surface area contributed by atoms with E-state index in [0.29, 0.717) is 16.5 Å². The Balaban J connectivity index is 1.94. The molecular formula is C20H28ClN5O3. The highest BCUT2D eigenvalue weighted by Crippen LogP contribution is 2.30. The van der Waals surface area contributed by atoms with Crippen LogP contribution in [0.2, 0.25) is 5.02 Å². The summed E-state index contributed by atoms with van der Waals surface area (Å²) in [6, 6.07) is 3.10. The van der Waals surface area contributed by atoms with Crippen molar-refractivity contribution in [3.05, 3.63) is 35.2 Å². The van der Waals surface area contributed by atoms with Gasteiger partial charge in [-0.05, 0) is 31.9 Å². The zero-order valence-electron chi connectivity index (χ0n) is 17.1. The minimum Gasteiger partial charge on any atom is -0.463 e. The fourth-order valence-corrected chi connectivity index (χ4v) is 2.71. The Morgan fingerprint density at radius 2 is 2.00 bits per heavy atom. The number of esters is 1. The van der Waals surface area contributed by atoms with Crippen LogP contribution in [0.5, 0.6) is 0 Å². The number of nitrogens with zero attached hydrogens (tertiary/aromatic N) is 1. The molecule has 2 aromatic rings. The molecule has 0 fully saturated rings. The van der Waals surface area contributed by atoms with E-state index in [-0.39, 0.29) is 31.0 Å². The number of carbonyl (C=O) groups is 2. The van der Waals surface area contributed by atoms with Gasteiger partial charge in [-0.3, -0.25) is 9.59 Å². The number of aromatic nitrogens is 2. The average Bonchev–Trinajstić information content (AvgIpc) is 3.15. The maximum atomic E-state index is 12.3. The van der Waals surface area contributed by atoms with E-state index in [2.05, 4.69) is 20.6 Å².